The SMILES string of the molecule is CCC(C)N(C)c1ccc(N)c(CC#N)c1. The van der Waals surface area contributed by atoms with E-state index >= 15 is 0 Å². The van der Waals surface area contributed by atoms with Crippen molar-refractivity contribution in [2.24, 2.45) is 0 Å². The molecule has 3 nitrogen and oxygen atoms in total. The van der Waals surface area contributed by atoms with Crippen molar-refractivity contribution in [3.05, 3.63) is 23.8 Å². The van der Waals surface area contributed by atoms with Crippen molar-refractivity contribution in [2.75, 3.05) is 17.7 Å². The van der Waals surface area contributed by atoms with Gasteiger partial charge in [0.25, 0.3) is 0 Å². The molecule has 0 bridgehead atoms. The summed E-state index contributed by atoms with van der Waals surface area (Å²) in [6.45, 7) is 4.34. The monoisotopic (exact) mass is 217 g/mol. The summed E-state index contributed by atoms with van der Waals surface area (Å²) >= 11 is 0. The van der Waals surface area contributed by atoms with E-state index in [0.717, 1.165) is 17.7 Å². The Morgan fingerprint density at radius 2 is 2.19 bits per heavy atom. The Hall–Kier alpha value is -1.69. The van der Waals surface area contributed by atoms with Crippen LogP contribution in [0.4, 0.5) is 11.4 Å². The number of nitrogens with two attached hydrogens (primary N) is 1. The molecule has 2 N–H and O–H groups in total. The van der Waals surface area contributed by atoms with Gasteiger partial charge >= 0.3 is 0 Å². The summed E-state index contributed by atoms with van der Waals surface area (Å²) in [4.78, 5) is 2.21. The van der Waals surface area contributed by atoms with Crippen molar-refractivity contribution in [3.63, 3.8) is 0 Å². The molecule has 86 valence electrons. The van der Waals surface area contributed by atoms with Crippen molar-refractivity contribution < 1.29 is 0 Å². The standard InChI is InChI=1S/C13H19N3/c1-4-10(2)16(3)12-5-6-13(15)11(9-12)7-8-14/h5-6,9-10H,4,7,15H2,1-3H3. The van der Waals surface area contributed by atoms with Gasteiger partial charge in [-0.2, -0.15) is 5.26 Å². The maximum atomic E-state index is 8.71. The summed E-state index contributed by atoms with van der Waals surface area (Å²) in [5.74, 6) is 0. The Labute approximate surface area is 97.5 Å². The van der Waals surface area contributed by atoms with Gasteiger partial charge < -0.3 is 10.6 Å². The summed E-state index contributed by atoms with van der Waals surface area (Å²) in [5.41, 5.74) is 8.54. The summed E-state index contributed by atoms with van der Waals surface area (Å²) < 4.78 is 0. The van der Waals surface area contributed by atoms with Crippen LogP contribution in [-0.4, -0.2) is 13.1 Å². The average molecular weight is 217 g/mol. The van der Waals surface area contributed by atoms with Crippen LogP contribution in [0.15, 0.2) is 18.2 Å². The van der Waals surface area contributed by atoms with Gasteiger partial charge in [0.15, 0.2) is 0 Å². The number of rotatable bonds is 4. The van der Waals surface area contributed by atoms with Crippen LogP contribution in [0.1, 0.15) is 25.8 Å². The predicted molar refractivity (Wildman–Crippen MR) is 68.3 cm³/mol. The normalized spacial score (nSPS) is 11.9. The van der Waals surface area contributed by atoms with E-state index in [2.05, 4.69) is 31.9 Å². The molecule has 0 aliphatic rings. The molecule has 3 heteroatoms. The quantitative estimate of drug-likeness (QED) is 0.789. The summed E-state index contributed by atoms with van der Waals surface area (Å²) in [6, 6.07) is 8.50. The largest absolute Gasteiger partial charge is 0.398 e. The summed E-state index contributed by atoms with van der Waals surface area (Å²) in [5, 5.41) is 8.71. The lowest BCUT2D eigenvalue weighted by atomic mass is 10.1. The topological polar surface area (TPSA) is 53.0 Å². The van der Waals surface area contributed by atoms with Gasteiger partial charge in [-0.3, -0.25) is 0 Å². The van der Waals surface area contributed by atoms with Gasteiger partial charge in [0.1, 0.15) is 0 Å². The minimum atomic E-state index is 0.369. The smallest absolute Gasteiger partial charge is 0.0670 e. The third-order valence-corrected chi connectivity index (χ3v) is 3.06. The highest BCUT2D eigenvalue weighted by molar-refractivity contribution is 5.59. The molecule has 1 rings (SSSR count). The molecule has 1 aromatic rings. The molecule has 1 unspecified atom stereocenters. The van der Waals surface area contributed by atoms with Crippen molar-refractivity contribution in [1.29, 1.82) is 5.26 Å². The predicted octanol–water partition coefficient (Wildman–Crippen LogP) is 2.57. The molecule has 0 amide bonds. The van der Waals surface area contributed by atoms with Gasteiger partial charge in [-0.25, -0.2) is 0 Å². The molecule has 0 aliphatic heterocycles. The number of hydrogen-bond acceptors (Lipinski definition) is 3. The lowest BCUT2D eigenvalue weighted by molar-refractivity contribution is 0.664. The molecule has 0 heterocycles. The molecule has 0 fully saturated rings. The average Bonchev–Trinajstić information content (AvgIpc) is 2.30. The fourth-order valence-corrected chi connectivity index (χ4v) is 1.58. The highest BCUT2D eigenvalue weighted by Gasteiger charge is 2.09. The van der Waals surface area contributed by atoms with Crippen molar-refractivity contribution in [3.8, 4) is 6.07 Å². The summed E-state index contributed by atoms with van der Waals surface area (Å²) in [6.07, 6.45) is 1.46. The molecular weight excluding hydrogens is 198 g/mol. The second-order valence-corrected chi connectivity index (χ2v) is 4.09. The Bertz CT molecular complexity index is 393. The number of nitriles is 1. The Kier molecular flexibility index (Phi) is 4.19. The van der Waals surface area contributed by atoms with Crippen molar-refractivity contribution in [1.82, 2.24) is 0 Å². The van der Waals surface area contributed by atoms with Gasteiger partial charge in [0.05, 0.1) is 12.5 Å². The second-order valence-electron chi connectivity index (χ2n) is 4.09. The van der Waals surface area contributed by atoms with Crippen LogP contribution in [0.5, 0.6) is 0 Å². The number of nitrogens with zero attached hydrogens (tertiary/aromatic N) is 2. The molecule has 16 heavy (non-hydrogen) atoms. The first kappa shape index (κ1) is 12.4. The van der Waals surface area contributed by atoms with E-state index in [1.165, 1.54) is 0 Å². The zero-order valence-electron chi connectivity index (χ0n) is 10.2. The first-order valence-electron chi connectivity index (χ1n) is 5.58. The van der Waals surface area contributed by atoms with Gasteiger partial charge in [0.2, 0.25) is 0 Å². The van der Waals surface area contributed by atoms with Gasteiger partial charge in [0, 0.05) is 24.5 Å². The van der Waals surface area contributed by atoms with E-state index in [0.29, 0.717) is 18.2 Å². The van der Waals surface area contributed by atoms with Gasteiger partial charge in [-0.15, -0.1) is 0 Å². The van der Waals surface area contributed by atoms with E-state index in [4.69, 9.17) is 11.0 Å². The van der Waals surface area contributed by atoms with Crippen LogP contribution in [0, 0.1) is 11.3 Å². The van der Waals surface area contributed by atoms with Crippen LogP contribution >= 0.6 is 0 Å². The highest BCUT2D eigenvalue weighted by Crippen LogP contribution is 2.22. The van der Waals surface area contributed by atoms with E-state index in [9.17, 15) is 0 Å². The van der Waals surface area contributed by atoms with Crippen molar-refractivity contribution >= 4 is 11.4 Å². The van der Waals surface area contributed by atoms with Crippen LogP contribution in [0.25, 0.3) is 0 Å². The molecule has 0 saturated carbocycles. The fraction of sp³-hybridized carbons (Fsp3) is 0.462. The second kappa shape index (κ2) is 5.41. The zero-order valence-corrected chi connectivity index (χ0v) is 10.2. The van der Waals surface area contributed by atoms with Crippen LogP contribution < -0.4 is 10.6 Å². The molecule has 0 radical (unpaired) electrons. The summed E-state index contributed by atoms with van der Waals surface area (Å²) in [7, 11) is 2.07. The lowest BCUT2D eigenvalue weighted by Gasteiger charge is -2.26. The molecule has 0 aliphatic carbocycles. The Balaban J connectivity index is 2.98. The van der Waals surface area contributed by atoms with E-state index in [1.807, 2.05) is 18.2 Å². The number of anilines is 2. The van der Waals surface area contributed by atoms with E-state index < -0.39 is 0 Å². The number of hydrogen-bond donors (Lipinski definition) is 1. The first-order valence-corrected chi connectivity index (χ1v) is 5.58. The molecule has 1 atom stereocenters. The minimum Gasteiger partial charge on any atom is -0.398 e. The van der Waals surface area contributed by atoms with Crippen LogP contribution in [0.3, 0.4) is 0 Å². The third kappa shape index (κ3) is 2.66. The number of benzene rings is 1. The molecular formula is C13H19N3. The first-order chi connectivity index (χ1) is 7.60. The van der Waals surface area contributed by atoms with Gasteiger partial charge in [-0.1, -0.05) is 6.92 Å². The van der Waals surface area contributed by atoms with Crippen LogP contribution in [-0.2, 0) is 6.42 Å². The van der Waals surface area contributed by atoms with E-state index in [1.54, 1.807) is 0 Å². The van der Waals surface area contributed by atoms with Gasteiger partial charge in [-0.05, 0) is 37.1 Å². The Morgan fingerprint density at radius 3 is 2.75 bits per heavy atom. The molecule has 0 spiro atoms. The maximum absolute atomic E-state index is 8.71. The Morgan fingerprint density at radius 1 is 1.50 bits per heavy atom. The fourth-order valence-electron chi connectivity index (χ4n) is 1.58. The molecule has 0 saturated heterocycles. The maximum Gasteiger partial charge on any atom is 0.0670 e. The van der Waals surface area contributed by atoms with E-state index in [-0.39, 0.29) is 0 Å². The highest BCUT2D eigenvalue weighted by atomic mass is 15.1. The molecule has 0 aromatic heterocycles. The van der Waals surface area contributed by atoms with Crippen molar-refractivity contribution in [2.45, 2.75) is 32.7 Å². The van der Waals surface area contributed by atoms with Crippen LogP contribution in [0.2, 0.25) is 0 Å². The number of nitrogen functional groups attached to an aromatic ring is 1. The third-order valence-electron chi connectivity index (χ3n) is 3.06. The lowest BCUT2D eigenvalue weighted by Crippen LogP contribution is -2.28. The minimum absolute atomic E-state index is 0.369. The molecule has 1 aromatic carbocycles. The zero-order chi connectivity index (χ0) is 12.1.